The van der Waals surface area contributed by atoms with Crippen LogP contribution in [-0.2, 0) is 0 Å². The summed E-state index contributed by atoms with van der Waals surface area (Å²) in [5.74, 6) is -0.912. The van der Waals surface area contributed by atoms with Crippen LogP contribution in [0, 0.1) is 15.9 Å². The maximum Gasteiger partial charge on any atom is 0.311 e. The molecule has 1 N–H and O–H groups in total. The lowest BCUT2D eigenvalue weighted by atomic mass is 10.1. The minimum atomic E-state index is -0.630. The molecule has 0 fully saturated rings. The van der Waals surface area contributed by atoms with Crippen molar-refractivity contribution in [2.45, 2.75) is 0 Å². The lowest BCUT2D eigenvalue weighted by Crippen LogP contribution is -2.12. The normalized spacial score (nSPS) is 10.4. The summed E-state index contributed by atoms with van der Waals surface area (Å²) in [5, 5.41) is 15.6. The number of hydrogen-bond acceptors (Lipinski definition) is 7. The minimum Gasteiger partial charge on any atom is -0.494 e. The molecular weight excluding hydrogens is 389 g/mol. The van der Waals surface area contributed by atoms with Gasteiger partial charge in [-0.3, -0.25) is 20.2 Å². The molecule has 10 heteroatoms. The van der Waals surface area contributed by atoms with Crippen molar-refractivity contribution >= 4 is 28.1 Å². The van der Waals surface area contributed by atoms with Gasteiger partial charge in [0.25, 0.3) is 5.91 Å². The van der Waals surface area contributed by atoms with Crippen LogP contribution >= 0.6 is 11.3 Å². The number of nitrogens with one attached hydrogen (secondary N) is 1. The Morgan fingerprint density at radius 3 is 2.54 bits per heavy atom. The zero-order valence-electron chi connectivity index (χ0n) is 14.8. The molecule has 0 atom stereocenters. The molecule has 1 aromatic heterocycles. The summed E-state index contributed by atoms with van der Waals surface area (Å²) in [4.78, 5) is 27.1. The fraction of sp³-hybridized carbons (Fsp3) is 0.111. The van der Waals surface area contributed by atoms with Crippen molar-refractivity contribution in [2.75, 3.05) is 19.5 Å². The van der Waals surface area contributed by atoms with Crippen LogP contribution in [-0.4, -0.2) is 30.0 Å². The Hall–Kier alpha value is -3.53. The first-order valence-corrected chi connectivity index (χ1v) is 8.74. The Morgan fingerprint density at radius 1 is 1.18 bits per heavy atom. The number of nitrogens with zero attached hydrogens (tertiary/aromatic N) is 2. The third kappa shape index (κ3) is 3.91. The molecule has 0 aliphatic rings. The summed E-state index contributed by atoms with van der Waals surface area (Å²) in [6, 6.07) is 8.30. The van der Waals surface area contributed by atoms with Gasteiger partial charge in [-0.2, -0.15) is 0 Å². The van der Waals surface area contributed by atoms with Gasteiger partial charge in [-0.1, -0.05) is 0 Å². The average Bonchev–Trinajstić information content (AvgIpc) is 3.15. The highest BCUT2D eigenvalue weighted by atomic mass is 32.1. The lowest BCUT2D eigenvalue weighted by molar-refractivity contribution is -0.385. The zero-order chi connectivity index (χ0) is 20.3. The van der Waals surface area contributed by atoms with Crippen molar-refractivity contribution in [3.63, 3.8) is 0 Å². The van der Waals surface area contributed by atoms with Gasteiger partial charge in [0.1, 0.15) is 0 Å². The number of anilines is 1. The van der Waals surface area contributed by atoms with Crippen molar-refractivity contribution in [1.82, 2.24) is 4.98 Å². The van der Waals surface area contributed by atoms with Gasteiger partial charge < -0.3 is 9.47 Å². The number of ether oxygens (including phenoxy) is 2. The topological polar surface area (TPSA) is 104 Å². The molecule has 1 heterocycles. The average molecular weight is 403 g/mol. The number of benzene rings is 2. The van der Waals surface area contributed by atoms with E-state index in [-0.39, 0.29) is 27.9 Å². The SMILES string of the molecule is COc1ccc(-c2csc(NC(=O)c3ccc(OC)c([N+](=O)[O-])c3)n2)cc1F. The number of rotatable bonds is 6. The Kier molecular flexibility index (Phi) is 5.50. The third-order valence-corrected chi connectivity index (χ3v) is 4.57. The van der Waals surface area contributed by atoms with E-state index >= 15 is 0 Å². The van der Waals surface area contributed by atoms with Gasteiger partial charge in [0, 0.05) is 22.6 Å². The highest BCUT2D eigenvalue weighted by Crippen LogP contribution is 2.30. The van der Waals surface area contributed by atoms with Crippen LogP contribution in [0.5, 0.6) is 11.5 Å². The zero-order valence-corrected chi connectivity index (χ0v) is 15.6. The number of carbonyl (C=O) groups is 1. The number of thiazole rings is 1. The van der Waals surface area contributed by atoms with Gasteiger partial charge >= 0.3 is 5.69 Å². The van der Waals surface area contributed by atoms with Crippen LogP contribution in [0.2, 0.25) is 0 Å². The predicted octanol–water partition coefficient (Wildman–Crippen LogP) is 4.13. The second-order valence-corrected chi connectivity index (χ2v) is 6.34. The van der Waals surface area contributed by atoms with E-state index in [0.29, 0.717) is 11.3 Å². The summed E-state index contributed by atoms with van der Waals surface area (Å²) in [5.41, 5.74) is 0.765. The second-order valence-electron chi connectivity index (χ2n) is 5.49. The van der Waals surface area contributed by atoms with E-state index in [0.717, 1.165) is 17.4 Å². The molecule has 0 spiro atoms. The molecule has 2 aromatic carbocycles. The lowest BCUT2D eigenvalue weighted by Gasteiger charge is -2.05. The first-order valence-electron chi connectivity index (χ1n) is 7.86. The third-order valence-electron chi connectivity index (χ3n) is 3.81. The summed E-state index contributed by atoms with van der Waals surface area (Å²) in [7, 11) is 2.68. The predicted molar refractivity (Wildman–Crippen MR) is 102 cm³/mol. The Balaban J connectivity index is 1.80. The molecule has 0 saturated carbocycles. The van der Waals surface area contributed by atoms with Crippen LogP contribution in [0.3, 0.4) is 0 Å². The van der Waals surface area contributed by atoms with Gasteiger partial charge in [-0.25, -0.2) is 9.37 Å². The van der Waals surface area contributed by atoms with Gasteiger partial charge in [0.15, 0.2) is 22.4 Å². The van der Waals surface area contributed by atoms with Gasteiger partial charge in [0.2, 0.25) is 0 Å². The molecule has 28 heavy (non-hydrogen) atoms. The fourth-order valence-corrected chi connectivity index (χ4v) is 3.15. The molecule has 3 aromatic rings. The van der Waals surface area contributed by atoms with Gasteiger partial charge in [-0.15, -0.1) is 11.3 Å². The molecule has 0 radical (unpaired) electrons. The summed E-state index contributed by atoms with van der Waals surface area (Å²) in [6.07, 6.45) is 0. The van der Waals surface area contributed by atoms with E-state index in [4.69, 9.17) is 9.47 Å². The monoisotopic (exact) mass is 403 g/mol. The quantitative estimate of drug-likeness (QED) is 0.490. The van der Waals surface area contributed by atoms with Gasteiger partial charge in [0.05, 0.1) is 24.8 Å². The van der Waals surface area contributed by atoms with Crippen molar-refractivity contribution < 1.29 is 23.6 Å². The fourth-order valence-electron chi connectivity index (χ4n) is 2.43. The summed E-state index contributed by atoms with van der Waals surface area (Å²) < 4.78 is 23.6. The van der Waals surface area contributed by atoms with Crippen LogP contribution < -0.4 is 14.8 Å². The van der Waals surface area contributed by atoms with Crippen LogP contribution in [0.4, 0.5) is 15.2 Å². The number of aromatic nitrogens is 1. The smallest absolute Gasteiger partial charge is 0.311 e. The summed E-state index contributed by atoms with van der Waals surface area (Å²) in [6.45, 7) is 0. The number of carbonyl (C=O) groups excluding carboxylic acids is 1. The van der Waals surface area contributed by atoms with Crippen molar-refractivity contribution in [1.29, 1.82) is 0 Å². The Bertz CT molecular complexity index is 1050. The largest absolute Gasteiger partial charge is 0.494 e. The van der Waals surface area contributed by atoms with E-state index in [1.807, 2.05) is 0 Å². The second kappa shape index (κ2) is 8.01. The molecular formula is C18H14FN3O5S. The van der Waals surface area contributed by atoms with Crippen LogP contribution in [0.1, 0.15) is 10.4 Å². The molecule has 1 amide bonds. The Labute approximate surface area is 162 Å². The number of nitro benzene ring substituents is 1. The van der Waals surface area contributed by atoms with Crippen molar-refractivity contribution in [3.05, 3.63) is 63.3 Å². The molecule has 3 rings (SSSR count). The number of amides is 1. The number of nitro groups is 1. The number of methoxy groups -OCH3 is 2. The first kappa shape index (κ1) is 19.2. The molecule has 8 nitrogen and oxygen atoms in total. The summed E-state index contributed by atoms with van der Waals surface area (Å²) >= 11 is 1.15. The Morgan fingerprint density at radius 2 is 1.89 bits per heavy atom. The van der Waals surface area contributed by atoms with E-state index < -0.39 is 16.6 Å². The van der Waals surface area contributed by atoms with E-state index in [2.05, 4.69) is 10.3 Å². The standard InChI is InChI=1S/C18H14FN3O5S/c1-26-15-5-3-10(7-12(15)19)13-9-28-18(20-13)21-17(23)11-4-6-16(27-2)14(8-11)22(24)25/h3-9H,1-2H3,(H,20,21,23). The van der Waals surface area contributed by atoms with Crippen LogP contribution in [0.15, 0.2) is 41.8 Å². The van der Waals surface area contributed by atoms with E-state index in [1.54, 1.807) is 11.4 Å². The molecule has 144 valence electrons. The molecule has 0 aliphatic carbocycles. The molecule has 0 unspecified atom stereocenters. The molecule has 0 bridgehead atoms. The number of hydrogen-bond donors (Lipinski definition) is 1. The molecule has 0 saturated heterocycles. The van der Waals surface area contributed by atoms with Crippen molar-refractivity contribution in [2.24, 2.45) is 0 Å². The molecule has 0 aliphatic heterocycles. The van der Waals surface area contributed by atoms with E-state index in [1.165, 1.54) is 38.5 Å². The first-order chi connectivity index (χ1) is 13.4. The highest BCUT2D eigenvalue weighted by Gasteiger charge is 2.19. The highest BCUT2D eigenvalue weighted by molar-refractivity contribution is 7.14. The number of halogens is 1. The van der Waals surface area contributed by atoms with Crippen LogP contribution in [0.25, 0.3) is 11.3 Å². The van der Waals surface area contributed by atoms with Crippen molar-refractivity contribution in [3.8, 4) is 22.8 Å². The maximum atomic E-state index is 13.9. The van der Waals surface area contributed by atoms with E-state index in [9.17, 15) is 19.3 Å². The minimum absolute atomic E-state index is 0.0552. The van der Waals surface area contributed by atoms with Gasteiger partial charge in [-0.05, 0) is 30.3 Å². The maximum absolute atomic E-state index is 13.9.